The van der Waals surface area contributed by atoms with Gasteiger partial charge in [-0.25, -0.2) is 0 Å². The van der Waals surface area contributed by atoms with Crippen LogP contribution in [0.2, 0.25) is 0 Å². The first kappa shape index (κ1) is 11.9. The predicted octanol–water partition coefficient (Wildman–Crippen LogP) is 0.812. The van der Waals surface area contributed by atoms with Crippen LogP contribution in [0.4, 0.5) is 0 Å². The Labute approximate surface area is 75.9 Å². The van der Waals surface area contributed by atoms with E-state index < -0.39 is 0 Å². The van der Waals surface area contributed by atoms with Gasteiger partial charge >= 0.3 is 0 Å². The number of hydrogen-bond donors (Lipinski definition) is 2. The molecule has 3 nitrogen and oxygen atoms in total. The lowest BCUT2D eigenvalue weighted by Crippen LogP contribution is -2.42. The first-order valence-electron chi connectivity index (χ1n) is 4.55. The monoisotopic (exact) mass is 174 g/mol. The number of hydrogen-bond acceptors (Lipinski definition) is 3. The zero-order chi connectivity index (χ0) is 9.56. The Kier molecular flexibility index (Phi) is 6.34. The summed E-state index contributed by atoms with van der Waals surface area (Å²) in [6.07, 6.45) is 0.117. The van der Waals surface area contributed by atoms with E-state index in [1.807, 2.05) is 7.05 Å². The van der Waals surface area contributed by atoms with Gasteiger partial charge in [0.15, 0.2) is 0 Å². The third-order valence-corrected chi connectivity index (χ3v) is 2.23. The average molecular weight is 174 g/mol. The van der Waals surface area contributed by atoms with E-state index in [4.69, 9.17) is 4.74 Å². The van der Waals surface area contributed by atoms with Gasteiger partial charge in [0.1, 0.15) is 6.23 Å². The van der Waals surface area contributed by atoms with E-state index in [0.29, 0.717) is 12.0 Å². The molecule has 0 aromatic heterocycles. The molecule has 0 heterocycles. The summed E-state index contributed by atoms with van der Waals surface area (Å²) < 4.78 is 5.16. The molecule has 0 spiro atoms. The highest BCUT2D eigenvalue weighted by molar-refractivity contribution is 4.66. The maximum Gasteiger partial charge on any atom is 0.120 e. The van der Waals surface area contributed by atoms with Gasteiger partial charge in [-0.1, -0.05) is 13.8 Å². The van der Waals surface area contributed by atoms with Crippen LogP contribution in [-0.2, 0) is 4.74 Å². The van der Waals surface area contributed by atoms with Gasteiger partial charge < -0.3 is 10.1 Å². The third kappa shape index (κ3) is 4.70. The molecule has 0 amide bonds. The smallest absolute Gasteiger partial charge is 0.120 e. The van der Waals surface area contributed by atoms with Crippen LogP contribution < -0.4 is 10.6 Å². The molecule has 0 aliphatic rings. The molecule has 0 saturated carbocycles. The van der Waals surface area contributed by atoms with E-state index in [0.717, 1.165) is 6.54 Å². The summed E-state index contributed by atoms with van der Waals surface area (Å²) >= 11 is 0. The molecule has 0 fully saturated rings. The molecule has 12 heavy (non-hydrogen) atoms. The Morgan fingerprint density at radius 2 is 1.83 bits per heavy atom. The van der Waals surface area contributed by atoms with Crippen molar-refractivity contribution in [3.05, 3.63) is 0 Å². The Bertz CT molecular complexity index is 101. The summed E-state index contributed by atoms with van der Waals surface area (Å²) in [7, 11) is 3.61. The molecule has 2 atom stereocenters. The van der Waals surface area contributed by atoms with Crippen LogP contribution >= 0.6 is 0 Å². The Hall–Kier alpha value is -0.120. The first-order chi connectivity index (χ1) is 5.61. The lowest BCUT2D eigenvalue weighted by molar-refractivity contribution is 0.0768. The van der Waals surface area contributed by atoms with Crippen molar-refractivity contribution in [2.45, 2.75) is 33.0 Å². The molecule has 2 N–H and O–H groups in total. The fraction of sp³-hybridized carbons (Fsp3) is 1.00. The lowest BCUT2D eigenvalue weighted by Gasteiger charge is -2.21. The molecule has 0 rings (SSSR count). The summed E-state index contributed by atoms with van der Waals surface area (Å²) in [6, 6.07) is 0.538. The predicted molar refractivity (Wildman–Crippen MR) is 52.2 cm³/mol. The number of nitrogens with one attached hydrogen (secondary N) is 2. The van der Waals surface area contributed by atoms with Crippen molar-refractivity contribution in [1.82, 2.24) is 10.6 Å². The quantitative estimate of drug-likeness (QED) is 0.585. The third-order valence-electron chi connectivity index (χ3n) is 2.23. The minimum absolute atomic E-state index is 0.117. The van der Waals surface area contributed by atoms with Gasteiger partial charge in [-0.15, -0.1) is 0 Å². The van der Waals surface area contributed by atoms with Crippen molar-refractivity contribution >= 4 is 0 Å². The van der Waals surface area contributed by atoms with Crippen molar-refractivity contribution in [2.75, 3.05) is 20.7 Å². The number of likely N-dealkylation sites (N-methyl/N-ethyl adjacent to an activating group) is 1. The second-order valence-corrected chi connectivity index (χ2v) is 3.45. The molecular formula is C9H22N2O. The van der Waals surface area contributed by atoms with Crippen LogP contribution in [0.25, 0.3) is 0 Å². The van der Waals surface area contributed by atoms with Crippen molar-refractivity contribution in [3.63, 3.8) is 0 Å². The Morgan fingerprint density at radius 1 is 1.25 bits per heavy atom. The summed E-state index contributed by atoms with van der Waals surface area (Å²) in [6.45, 7) is 7.46. The van der Waals surface area contributed by atoms with Gasteiger partial charge in [-0.05, 0) is 19.9 Å². The van der Waals surface area contributed by atoms with Crippen LogP contribution in [0.15, 0.2) is 0 Å². The maximum absolute atomic E-state index is 5.16. The topological polar surface area (TPSA) is 33.3 Å². The van der Waals surface area contributed by atoms with Gasteiger partial charge in [0.2, 0.25) is 0 Å². The van der Waals surface area contributed by atoms with E-state index in [9.17, 15) is 0 Å². The van der Waals surface area contributed by atoms with Gasteiger partial charge in [-0.2, -0.15) is 0 Å². The first-order valence-corrected chi connectivity index (χ1v) is 4.55. The highest BCUT2D eigenvalue weighted by Crippen LogP contribution is 1.99. The molecule has 3 heteroatoms. The van der Waals surface area contributed by atoms with Crippen molar-refractivity contribution in [3.8, 4) is 0 Å². The molecule has 0 bridgehead atoms. The van der Waals surface area contributed by atoms with E-state index in [1.165, 1.54) is 0 Å². The minimum atomic E-state index is 0.117. The lowest BCUT2D eigenvalue weighted by atomic mass is 10.1. The van der Waals surface area contributed by atoms with Crippen molar-refractivity contribution in [2.24, 2.45) is 5.92 Å². The minimum Gasteiger partial charge on any atom is -0.365 e. The van der Waals surface area contributed by atoms with Crippen molar-refractivity contribution in [1.29, 1.82) is 0 Å². The molecule has 0 aliphatic heterocycles. The molecule has 0 radical (unpaired) electrons. The summed E-state index contributed by atoms with van der Waals surface area (Å²) in [5.41, 5.74) is 0. The molecule has 2 unspecified atom stereocenters. The van der Waals surface area contributed by atoms with Gasteiger partial charge in [0, 0.05) is 19.7 Å². The average Bonchev–Trinajstić information content (AvgIpc) is 2.05. The highest BCUT2D eigenvalue weighted by atomic mass is 16.5. The van der Waals surface area contributed by atoms with E-state index >= 15 is 0 Å². The summed E-state index contributed by atoms with van der Waals surface area (Å²) in [5.74, 6) is 0.666. The fourth-order valence-corrected chi connectivity index (χ4v) is 0.832. The van der Waals surface area contributed by atoms with E-state index in [1.54, 1.807) is 7.11 Å². The van der Waals surface area contributed by atoms with Gasteiger partial charge in [-0.3, -0.25) is 5.32 Å². The maximum atomic E-state index is 5.16. The summed E-state index contributed by atoms with van der Waals surface area (Å²) in [5, 5.41) is 6.46. The van der Waals surface area contributed by atoms with E-state index in [-0.39, 0.29) is 6.23 Å². The molecule has 0 aliphatic carbocycles. The molecule has 0 saturated heterocycles. The van der Waals surface area contributed by atoms with Crippen LogP contribution in [0.1, 0.15) is 20.8 Å². The second-order valence-electron chi connectivity index (χ2n) is 3.45. The summed E-state index contributed by atoms with van der Waals surface area (Å²) in [4.78, 5) is 0. The standard InChI is InChI=1S/C9H22N2O/c1-7(2)8(3)11-6-9(10-4)12-5/h7-11H,6H2,1-5H3. The van der Waals surface area contributed by atoms with Gasteiger partial charge in [0.25, 0.3) is 0 Å². The molecule has 74 valence electrons. The van der Waals surface area contributed by atoms with Crippen LogP contribution in [-0.4, -0.2) is 33.0 Å². The SMILES string of the molecule is CNC(CNC(C)C(C)C)OC. The second kappa shape index (κ2) is 6.40. The number of ether oxygens (including phenoxy) is 1. The van der Waals surface area contributed by atoms with Crippen LogP contribution in [0, 0.1) is 5.92 Å². The number of rotatable bonds is 6. The largest absolute Gasteiger partial charge is 0.365 e. The fourth-order valence-electron chi connectivity index (χ4n) is 0.832. The molecule has 0 aromatic carbocycles. The Balaban J connectivity index is 3.51. The molecular weight excluding hydrogens is 152 g/mol. The Morgan fingerprint density at radius 3 is 2.17 bits per heavy atom. The molecule has 0 aromatic rings. The zero-order valence-electron chi connectivity index (χ0n) is 8.85. The number of methoxy groups -OCH3 is 1. The van der Waals surface area contributed by atoms with Crippen LogP contribution in [0.5, 0.6) is 0 Å². The van der Waals surface area contributed by atoms with Gasteiger partial charge in [0.05, 0.1) is 0 Å². The van der Waals surface area contributed by atoms with Crippen molar-refractivity contribution < 1.29 is 4.74 Å². The van der Waals surface area contributed by atoms with Crippen LogP contribution in [0.3, 0.4) is 0 Å². The normalized spacial score (nSPS) is 16.5. The highest BCUT2D eigenvalue weighted by Gasteiger charge is 2.08. The zero-order valence-corrected chi connectivity index (χ0v) is 8.85. The van der Waals surface area contributed by atoms with E-state index in [2.05, 4.69) is 31.4 Å².